The zero-order valence-corrected chi connectivity index (χ0v) is 12.5. The second-order valence-electron chi connectivity index (χ2n) is 5.82. The number of hydrogen-bond donors (Lipinski definition) is 1. The minimum absolute atomic E-state index is 0.130. The van der Waals surface area contributed by atoms with Gasteiger partial charge in [-0.2, -0.15) is 0 Å². The third-order valence-corrected chi connectivity index (χ3v) is 4.21. The van der Waals surface area contributed by atoms with Crippen LogP contribution in [0.4, 0.5) is 10.3 Å². The summed E-state index contributed by atoms with van der Waals surface area (Å²) >= 11 is 0. The highest BCUT2D eigenvalue weighted by Gasteiger charge is 2.19. The molecule has 21 heavy (non-hydrogen) atoms. The Bertz CT molecular complexity index is 600. The first-order valence-corrected chi connectivity index (χ1v) is 7.77. The van der Waals surface area contributed by atoms with E-state index in [-0.39, 0.29) is 5.82 Å². The Hall–Kier alpha value is -1.84. The lowest BCUT2D eigenvalue weighted by Crippen LogP contribution is -2.13. The van der Waals surface area contributed by atoms with E-state index in [1.807, 2.05) is 19.1 Å². The number of halogens is 1. The Balaban J connectivity index is 1.64. The van der Waals surface area contributed by atoms with Gasteiger partial charge < -0.3 is 9.88 Å². The molecule has 1 heterocycles. The van der Waals surface area contributed by atoms with Crippen molar-refractivity contribution in [2.75, 3.05) is 11.9 Å². The molecule has 0 saturated heterocycles. The SMILES string of the molecule is Cc1cn(C2CCCC2)c(NCCc2ccccc2F)n1. The van der Waals surface area contributed by atoms with Crippen LogP contribution >= 0.6 is 0 Å². The van der Waals surface area contributed by atoms with Crippen LogP contribution < -0.4 is 5.32 Å². The molecule has 0 atom stereocenters. The molecular weight excluding hydrogens is 265 g/mol. The van der Waals surface area contributed by atoms with E-state index in [0.717, 1.165) is 17.2 Å². The number of hydrogen-bond acceptors (Lipinski definition) is 2. The highest BCUT2D eigenvalue weighted by atomic mass is 19.1. The average molecular weight is 287 g/mol. The van der Waals surface area contributed by atoms with Crippen molar-refractivity contribution in [3.05, 3.63) is 47.5 Å². The first-order valence-electron chi connectivity index (χ1n) is 7.77. The van der Waals surface area contributed by atoms with Gasteiger partial charge in [-0.05, 0) is 37.8 Å². The van der Waals surface area contributed by atoms with Gasteiger partial charge in [0.15, 0.2) is 0 Å². The van der Waals surface area contributed by atoms with Crippen molar-refractivity contribution in [3.63, 3.8) is 0 Å². The molecule has 1 saturated carbocycles. The number of anilines is 1. The molecule has 0 amide bonds. The third kappa shape index (κ3) is 3.26. The molecule has 0 aliphatic heterocycles. The molecule has 0 radical (unpaired) electrons. The predicted molar refractivity (Wildman–Crippen MR) is 83.1 cm³/mol. The highest BCUT2D eigenvalue weighted by molar-refractivity contribution is 5.30. The Morgan fingerprint density at radius 3 is 2.81 bits per heavy atom. The molecule has 0 bridgehead atoms. The summed E-state index contributed by atoms with van der Waals surface area (Å²) in [6.07, 6.45) is 7.87. The molecule has 1 fully saturated rings. The maximum absolute atomic E-state index is 13.6. The normalized spacial score (nSPS) is 15.5. The fraction of sp³-hybridized carbons (Fsp3) is 0.471. The number of imidazole rings is 1. The molecule has 112 valence electrons. The number of aromatic nitrogens is 2. The van der Waals surface area contributed by atoms with Crippen LogP contribution in [0.25, 0.3) is 0 Å². The molecule has 1 aliphatic carbocycles. The third-order valence-electron chi connectivity index (χ3n) is 4.21. The fourth-order valence-corrected chi connectivity index (χ4v) is 3.12. The second kappa shape index (κ2) is 6.29. The summed E-state index contributed by atoms with van der Waals surface area (Å²) in [6, 6.07) is 7.52. The number of benzene rings is 1. The Morgan fingerprint density at radius 2 is 2.05 bits per heavy atom. The van der Waals surface area contributed by atoms with Crippen LogP contribution in [0.5, 0.6) is 0 Å². The first-order chi connectivity index (χ1) is 10.2. The van der Waals surface area contributed by atoms with Crippen LogP contribution in [0.1, 0.15) is 43.0 Å². The smallest absolute Gasteiger partial charge is 0.203 e. The maximum atomic E-state index is 13.6. The van der Waals surface area contributed by atoms with Crippen LogP contribution in [0.3, 0.4) is 0 Å². The van der Waals surface area contributed by atoms with Crippen LogP contribution in [0, 0.1) is 12.7 Å². The maximum Gasteiger partial charge on any atom is 0.203 e. The van der Waals surface area contributed by atoms with Gasteiger partial charge in [-0.25, -0.2) is 9.37 Å². The molecule has 4 heteroatoms. The lowest BCUT2D eigenvalue weighted by Gasteiger charge is -2.15. The summed E-state index contributed by atoms with van der Waals surface area (Å²) in [5.41, 5.74) is 1.79. The zero-order chi connectivity index (χ0) is 14.7. The van der Waals surface area contributed by atoms with E-state index in [4.69, 9.17) is 0 Å². The molecule has 1 aliphatic rings. The molecule has 3 rings (SSSR count). The van der Waals surface area contributed by atoms with Gasteiger partial charge in [0.05, 0.1) is 5.69 Å². The van der Waals surface area contributed by atoms with E-state index in [9.17, 15) is 4.39 Å². The van der Waals surface area contributed by atoms with E-state index in [1.165, 1.54) is 31.7 Å². The van der Waals surface area contributed by atoms with Gasteiger partial charge in [-0.15, -0.1) is 0 Å². The van der Waals surface area contributed by atoms with Gasteiger partial charge in [0.2, 0.25) is 5.95 Å². The molecule has 0 spiro atoms. The number of rotatable bonds is 5. The van der Waals surface area contributed by atoms with Gasteiger partial charge in [0.25, 0.3) is 0 Å². The lowest BCUT2D eigenvalue weighted by molar-refractivity contribution is 0.522. The minimum Gasteiger partial charge on any atom is -0.355 e. The van der Waals surface area contributed by atoms with Crippen LogP contribution in [0.15, 0.2) is 30.5 Å². The van der Waals surface area contributed by atoms with Crippen LogP contribution in [0.2, 0.25) is 0 Å². The van der Waals surface area contributed by atoms with E-state index in [2.05, 4.69) is 21.1 Å². The summed E-state index contributed by atoms with van der Waals surface area (Å²) in [7, 11) is 0. The number of nitrogens with one attached hydrogen (secondary N) is 1. The fourth-order valence-electron chi connectivity index (χ4n) is 3.12. The zero-order valence-electron chi connectivity index (χ0n) is 12.5. The first kappa shape index (κ1) is 14.1. The van der Waals surface area contributed by atoms with Crippen molar-refractivity contribution < 1.29 is 4.39 Å². The van der Waals surface area contributed by atoms with Gasteiger partial charge in [0.1, 0.15) is 5.82 Å². The summed E-state index contributed by atoms with van der Waals surface area (Å²) in [4.78, 5) is 4.57. The van der Waals surface area contributed by atoms with Crippen molar-refractivity contribution >= 4 is 5.95 Å². The van der Waals surface area contributed by atoms with Gasteiger partial charge in [0, 0.05) is 18.8 Å². The second-order valence-corrected chi connectivity index (χ2v) is 5.82. The highest BCUT2D eigenvalue weighted by Crippen LogP contribution is 2.32. The van der Waals surface area contributed by atoms with Crippen molar-refractivity contribution in [1.82, 2.24) is 9.55 Å². The predicted octanol–water partition coefficient (Wildman–Crippen LogP) is 4.10. The quantitative estimate of drug-likeness (QED) is 0.897. The molecule has 1 N–H and O–H groups in total. The van der Waals surface area contributed by atoms with Crippen molar-refractivity contribution in [2.45, 2.75) is 45.1 Å². The monoisotopic (exact) mass is 287 g/mol. The molecule has 1 aromatic heterocycles. The largest absolute Gasteiger partial charge is 0.355 e. The molecule has 0 unspecified atom stereocenters. The molecule has 3 nitrogen and oxygen atoms in total. The topological polar surface area (TPSA) is 29.9 Å². The van der Waals surface area contributed by atoms with Crippen molar-refractivity contribution in [2.24, 2.45) is 0 Å². The summed E-state index contributed by atoms with van der Waals surface area (Å²) in [5, 5.41) is 3.37. The number of nitrogens with zero attached hydrogens (tertiary/aromatic N) is 2. The van der Waals surface area contributed by atoms with Crippen molar-refractivity contribution in [3.8, 4) is 0 Å². The Labute approximate surface area is 125 Å². The summed E-state index contributed by atoms with van der Waals surface area (Å²) in [5.74, 6) is 0.797. The van der Waals surface area contributed by atoms with Crippen molar-refractivity contribution in [1.29, 1.82) is 0 Å². The van der Waals surface area contributed by atoms with E-state index in [1.54, 1.807) is 6.07 Å². The average Bonchev–Trinajstić information content (AvgIpc) is 3.10. The Morgan fingerprint density at radius 1 is 1.29 bits per heavy atom. The lowest BCUT2D eigenvalue weighted by atomic mass is 10.1. The minimum atomic E-state index is -0.130. The molecular formula is C17H22FN3. The molecule has 2 aromatic rings. The van der Waals surface area contributed by atoms with Gasteiger partial charge in [-0.1, -0.05) is 31.0 Å². The van der Waals surface area contributed by atoms with Crippen LogP contribution in [-0.4, -0.2) is 16.1 Å². The Kier molecular flexibility index (Phi) is 4.23. The van der Waals surface area contributed by atoms with Crippen LogP contribution in [-0.2, 0) is 6.42 Å². The van der Waals surface area contributed by atoms with E-state index < -0.39 is 0 Å². The van der Waals surface area contributed by atoms with E-state index >= 15 is 0 Å². The summed E-state index contributed by atoms with van der Waals surface area (Å²) < 4.78 is 15.9. The van der Waals surface area contributed by atoms with E-state index in [0.29, 0.717) is 19.0 Å². The standard InChI is InChI=1S/C17H22FN3/c1-13-12-21(15-7-3-4-8-15)17(20-13)19-11-10-14-6-2-5-9-16(14)18/h2,5-6,9,12,15H,3-4,7-8,10-11H2,1H3,(H,19,20). The summed E-state index contributed by atoms with van der Waals surface area (Å²) in [6.45, 7) is 2.72. The van der Waals surface area contributed by atoms with Gasteiger partial charge >= 0.3 is 0 Å². The molecule has 1 aromatic carbocycles. The van der Waals surface area contributed by atoms with Gasteiger partial charge in [-0.3, -0.25) is 0 Å². The number of aryl methyl sites for hydroxylation is 1.